The van der Waals surface area contributed by atoms with Gasteiger partial charge in [-0.25, -0.2) is 4.21 Å². The van der Waals surface area contributed by atoms with Crippen molar-refractivity contribution in [3.05, 3.63) is 36.0 Å². The van der Waals surface area contributed by atoms with E-state index in [0.29, 0.717) is 13.0 Å². The fourth-order valence-electron chi connectivity index (χ4n) is 2.27. The van der Waals surface area contributed by atoms with Crippen molar-refractivity contribution >= 4 is 22.0 Å². The highest BCUT2D eigenvalue weighted by Crippen LogP contribution is 2.18. The topological polar surface area (TPSA) is 85.3 Å². The first-order valence-electron chi connectivity index (χ1n) is 6.67. The first-order valence-corrected chi connectivity index (χ1v) is 7.95. The fourth-order valence-corrected chi connectivity index (χ4v) is 2.66. The molecule has 0 radical (unpaired) electrons. The van der Waals surface area contributed by atoms with Gasteiger partial charge in [0.15, 0.2) is 11.1 Å². The Balaban J connectivity index is 1.91. The van der Waals surface area contributed by atoms with Crippen molar-refractivity contribution in [2.75, 3.05) is 18.9 Å². The molecule has 20 heavy (non-hydrogen) atoms. The zero-order chi connectivity index (χ0) is 14.4. The highest BCUT2D eigenvalue weighted by molar-refractivity contribution is 7.79. The van der Waals surface area contributed by atoms with Gasteiger partial charge in [0, 0.05) is 23.1 Å². The Morgan fingerprint density at radius 1 is 1.35 bits per heavy atom. The number of fused-ring (bicyclic) bond motifs is 1. The van der Waals surface area contributed by atoms with Crippen LogP contribution in [0.3, 0.4) is 0 Å². The van der Waals surface area contributed by atoms with Gasteiger partial charge >= 0.3 is 0 Å². The monoisotopic (exact) mass is 296 g/mol. The summed E-state index contributed by atoms with van der Waals surface area (Å²) in [7, 11) is 0. The molecule has 110 valence electrons. The largest absolute Gasteiger partial charge is 0.395 e. The molecule has 2 atom stereocenters. The Labute approximate surface area is 120 Å². The molecule has 0 aliphatic rings. The second-order valence-corrected chi connectivity index (χ2v) is 5.83. The molecule has 1 heterocycles. The molecule has 2 aromatic rings. The molecule has 0 saturated heterocycles. The predicted molar refractivity (Wildman–Crippen MR) is 81.1 cm³/mol. The van der Waals surface area contributed by atoms with E-state index in [1.807, 2.05) is 24.4 Å². The molecule has 0 amide bonds. The zero-order valence-electron chi connectivity index (χ0n) is 11.2. The van der Waals surface area contributed by atoms with Crippen molar-refractivity contribution in [2.45, 2.75) is 18.9 Å². The molecular formula is C14H20N2O3S. The van der Waals surface area contributed by atoms with Gasteiger partial charge in [0.2, 0.25) is 0 Å². The third-order valence-corrected chi connectivity index (χ3v) is 3.93. The van der Waals surface area contributed by atoms with Gasteiger partial charge in [-0.3, -0.25) is 0 Å². The highest BCUT2D eigenvalue weighted by atomic mass is 32.2. The molecule has 2 rings (SSSR count). The van der Waals surface area contributed by atoms with E-state index in [1.54, 1.807) is 0 Å². The molecule has 1 aromatic heterocycles. The molecule has 0 aliphatic carbocycles. The quantitative estimate of drug-likeness (QED) is 0.436. The van der Waals surface area contributed by atoms with E-state index in [4.69, 9.17) is 4.55 Å². The molecular weight excluding hydrogens is 276 g/mol. The van der Waals surface area contributed by atoms with Crippen molar-refractivity contribution in [3.8, 4) is 0 Å². The van der Waals surface area contributed by atoms with E-state index in [1.165, 1.54) is 5.39 Å². The van der Waals surface area contributed by atoms with Gasteiger partial charge in [0.1, 0.15) is 0 Å². The number of benzene rings is 1. The third-order valence-electron chi connectivity index (χ3n) is 3.29. The summed E-state index contributed by atoms with van der Waals surface area (Å²) in [6, 6.07) is 8.03. The summed E-state index contributed by atoms with van der Waals surface area (Å²) in [5.41, 5.74) is 2.26. The van der Waals surface area contributed by atoms with Crippen molar-refractivity contribution in [1.29, 1.82) is 0 Å². The van der Waals surface area contributed by atoms with Crippen LogP contribution in [0.2, 0.25) is 0 Å². The average Bonchev–Trinajstić information content (AvgIpc) is 2.85. The van der Waals surface area contributed by atoms with Crippen LogP contribution in [-0.2, 0) is 17.5 Å². The number of aliphatic hydroxyl groups excluding tert-OH is 1. The predicted octanol–water partition coefficient (Wildman–Crippen LogP) is 1.27. The average molecular weight is 296 g/mol. The van der Waals surface area contributed by atoms with Crippen LogP contribution in [0.4, 0.5) is 0 Å². The minimum absolute atomic E-state index is 0.0404. The third kappa shape index (κ3) is 4.14. The van der Waals surface area contributed by atoms with Crippen LogP contribution in [0.5, 0.6) is 0 Å². The Kier molecular flexibility index (Phi) is 5.72. The Morgan fingerprint density at radius 3 is 2.90 bits per heavy atom. The van der Waals surface area contributed by atoms with Crippen LogP contribution >= 0.6 is 0 Å². The summed E-state index contributed by atoms with van der Waals surface area (Å²) >= 11 is -1.74. The lowest BCUT2D eigenvalue weighted by Gasteiger charge is -2.15. The standard InChI is InChI=1S/C14H20N2O3S/c17-10-12(15-6-3-7-20(18)19)8-11-9-16-14-5-2-1-4-13(11)14/h1-2,4-5,9,12,15-17H,3,6-8,10H2,(H,18,19). The van der Waals surface area contributed by atoms with Gasteiger partial charge in [0.05, 0.1) is 12.4 Å². The zero-order valence-corrected chi connectivity index (χ0v) is 12.0. The number of aliphatic hydroxyl groups is 1. The summed E-state index contributed by atoms with van der Waals surface area (Å²) in [5.74, 6) is 0.262. The molecule has 0 fully saturated rings. The number of rotatable bonds is 8. The van der Waals surface area contributed by atoms with E-state index in [0.717, 1.165) is 17.5 Å². The van der Waals surface area contributed by atoms with E-state index in [2.05, 4.69) is 16.4 Å². The van der Waals surface area contributed by atoms with E-state index < -0.39 is 11.1 Å². The molecule has 2 unspecified atom stereocenters. The highest BCUT2D eigenvalue weighted by Gasteiger charge is 2.11. The van der Waals surface area contributed by atoms with Gasteiger partial charge in [-0.1, -0.05) is 18.2 Å². The van der Waals surface area contributed by atoms with Crippen LogP contribution < -0.4 is 5.32 Å². The lowest BCUT2D eigenvalue weighted by molar-refractivity contribution is 0.242. The van der Waals surface area contributed by atoms with Crippen molar-refractivity contribution < 1.29 is 13.9 Å². The number of aromatic nitrogens is 1. The molecule has 0 bridgehead atoms. The van der Waals surface area contributed by atoms with E-state index in [9.17, 15) is 9.32 Å². The number of H-pyrrole nitrogens is 1. The van der Waals surface area contributed by atoms with Crippen molar-refractivity contribution in [1.82, 2.24) is 10.3 Å². The first kappa shape index (κ1) is 15.2. The fraction of sp³-hybridized carbons (Fsp3) is 0.429. The lowest BCUT2D eigenvalue weighted by atomic mass is 10.1. The summed E-state index contributed by atoms with van der Waals surface area (Å²) < 4.78 is 19.2. The van der Waals surface area contributed by atoms with Crippen LogP contribution in [0.15, 0.2) is 30.5 Å². The Bertz CT molecular complexity index is 570. The maximum Gasteiger partial charge on any atom is 0.152 e. The van der Waals surface area contributed by atoms with E-state index >= 15 is 0 Å². The molecule has 0 aliphatic heterocycles. The molecule has 0 saturated carbocycles. The number of aromatic amines is 1. The molecule has 0 spiro atoms. The number of nitrogens with one attached hydrogen (secondary N) is 2. The molecule has 5 nitrogen and oxygen atoms in total. The normalized spacial score (nSPS) is 14.5. The van der Waals surface area contributed by atoms with Gasteiger partial charge in [0.25, 0.3) is 0 Å². The summed E-state index contributed by atoms with van der Waals surface area (Å²) in [5, 5.41) is 13.8. The van der Waals surface area contributed by atoms with Gasteiger partial charge < -0.3 is 20.0 Å². The van der Waals surface area contributed by atoms with Gasteiger partial charge in [-0.15, -0.1) is 0 Å². The van der Waals surface area contributed by atoms with Crippen LogP contribution in [0.1, 0.15) is 12.0 Å². The number of para-hydroxylation sites is 1. The summed E-state index contributed by atoms with van der Waals surface area (Å²) in [4.78, 5) is 3.22. The van der Waals surface area contributed by atoms with Crippen LogP contribution in [0.25, 0.3) is 10.9 Å². The lowest BCUT2D eigenvalue weighted by Crippen LogP contribution is -2.35. The summed E-state index contributed by atoms with van der Waals surface area (Å²) in [6.45, 7) is 0.668. The molecule has 6 heteroatoms. The van der Waals surface area contributed by atoms with Crippen LogP contribution in [-0.4, -0.2) is 43.8 Å². The molecule has 1 aromatic carbocycles. The Morgan fingerprint density at radius 2 is 2.15 bits per heavy atom. The Hall–Kier alpha value is -1.21. The van der Waals surface area contributed by atoms with E-state index in [-0.39, 0.29) is 18.4 Å². The first-order chi connectivity index (χ1) is 9.70. The van der Waals surface area contributed by atoms with Crippen molar-refractivity contribution in [3.63, 3.8) is 0 Å². The van der Waals surface area contributed by atoms with Gasteiger partial charge in [-0.05, 0) is 31.0 Å². The minimum Gasteiger partial charge on any atom is -0.395 e. The SMILES string of the molecule is O=S(O)CCCNC(CO)Cc1c[nH]c2ccccc12. The summed E-state index contributed by atoms with van der Waals surface area (Å²) in [6.07, 6.45) is 3.31. The second kappa shape index (κ2) is 7.54. The number of hydrogen-bond acceptors (Lipinski definition) is 3. The minimum atomic E-state index is -1.74. The van der Waals surface area contributed by atoms with Crippen LogP contribution in [0, 0.1) is 0 Å². The maximum atomic E-state index is 10.5. The second-order valence-electron chi connectivity index (χ2n) is 4.78. The van der Waals surface area contributed by atoms with Crippen molar-refractivity contribution in [2.24, 2.45) is 0 Å². The maximum absolute atomic E-state index is 10.5. The molecule has 4 N–H and O–H groups in total. The van der Waals surface area contributed by atoms with Gasteiger partial charge in [-0.2, -0.15) is 0 Å². The smallest absolute Gasteiger partial charge is 0.152 e. The number of hydrogen-bond donors (Lipinski definition) is 4.